The molecule has 0 radical (unpaired) electrons. The summed E-state index contributed by atoms with van der Waals surface area (Å²) in [5.41, 5.74) is 4.31. The van der Waals surface area contributed by atoms with Crippen molar-refractivity contribution in [2.24, 2.45) is 7.05 Å². The maximum atomic E-state index is 4.49. The average molecular weight is 233 g/mol. The van der Waals surface area contributed by atoms with Crippen LogP contribution in [0, 0.1) is 6.92 Å². The van der Waals surface area contributed by atoms with E-state index in [0.29, 0.717) is 0 Å². The van der Waals surface area contributed by atoms with Crippen molar-refractivity contribution in [3.8, 4) is 0 Å². The molecule has 0 aromatic carbocycles. The Labute approximate surface area is 104 Å². The largest absolute Gasteiger partial charge is 0.331 e. The zero-order valence-corrected chi connectivity index (χ0v) is 12.0. The highest BCUT2D eigenvalue weighted by atomic mass is 15.0. The Balaban J connectivity index is 0.000000686. The van der Waals surface area contributed by atoms with E-state index < -0.39 is 0 Å². The molecule has 0 amide bonds. The Morgan fingerprint density at radius 3 is 2.29 bits per heavy atom. The van der Waals surface area contributed by atoms with Crippen LogP contribution in [0.4, 0.5) is 0 Å². The van der Waals surface area contributed by atoms with E-state index in [1.807, 2.05) is 34.0 Å². The molecular weight excluding hydrogens is 210 g/mol. The van der Waals surface area contributed by atoms with Crippen molar-refractivity contribution in [2.75, 3.05) is 0 Å². The van der Waals surface area contributed by atoms with Gasteiger partial charge in [-0.3, -0.25) is 0 Å². The van der Waals surface area contributed by atoms with Crippen LogP contribution in [-0.2, 0) is 12.5 Å². The highest BCUT2D eigenvalue weighted by Crippen LogP contribution is 2.26. The van der Waals surface area contributed by atoms with E-state index in [1.165, 1.54) is 5.69 Å². The lowest BCUT2D eigenvalue weighted by Crippen LogP contribution is -2.15. The van der Waals surface area contributed by atoms with Gasteiger partial charge in [0, 0.05) is 18.2 Å². The van der Waals surface area contributed by atoms with Crippen LogP contribution >= 0.6 is 0 Å². The summed E-state index contributed by atoms with van der Waals surface area (Å²) in [7, 11) is 2.05. The summed E-state index contributed by atoms with van der Waals surface area (Å²) in [5, 5.41) is 0. The molecule has 0 atom stereocenters. The van der Waals surface area contributed by atoms with E-state index in [2.05, 4.69) is 41.4 Å². The predicted molar refractivity (Wildman–Crippen MR) is 73.3 cm³/mol. The summed E-state index contributed by atoms with van der Waals surface area (Å²) in [6.45, 7) is 12.6. The van der Waals surface area contributed by atoms with Crippen molar-refractivity contribution in [2.45, 2.75) is 47.0 Å². The topological polar surface area (TPSA) is 30.7 Å². The summed E-state index contributed by atoms with van der Waals surface area (Å²) in [5.74, 6) is 0. The number of fused-ring (bicyclic) bond motifs is 1. The van der Waals surface area contributed by atoms with E-state index in [-0.39, 0.29) is 5.41 Å². The fourth-order valence-corrected chi connectivity index (χ4v) is 1.90. The molecule has 0 fully saturated rings. The summed E-state index contributed by atoms with van der Waals surface area (Å²) in [6, 6.07) is 2.13. The number of hydrogen-bond acceptors (Lipinski definition) is 2. The Morgan fingerprint density at radius 1 is 1.18 bits per heavy atom. The van der Waals surface area contributed by atoms with E-state index in [0.717, 1.165) is 16.9 Å². The minimum atomic E-state index is 0.130. The summed E-state index contributed by atoms with van der Waals surface area (Å²) in [4.78, 5) is 8.90. The maximum absolute atomic E-state index is 4.49. The van der Waals surface area contributed by atoms with Crippen molar-refractivity contribution in [1.29, 1.82) is 0 Å². The first-order valence-corrected chi connectivity index (χ1v) is 6.19. The van der Waals surface area contributed by atoms with Gasteiger partial charge in [-0.2, -0.15) is 0 Å². The predicted octanol–water partition coefficient (Wildman–Crippen LogP) is 3.60. The molecule has 0 aliphatic heterocycles. The van der Waals surface area contributed by atoms with Gasteiger partial charge in [0.25, 0.3) is 0 Å². The van der Waals surface area contributed by atoms with Gasteiger partial charge in [-0.1, -0.05) is 34.6 Å². The minimum absolute atomic E-state index is 0.130. The summed E-state index contributed by atoms with van der Waals surface area (Å²) in [6.07, 6.45) is 1.81. The van der Waals surface area contributed by atoms with Gasteiger partial charge in [0.1, 0.15) is 5.52 Å². The molecule has 0 N–H and O–H groups in total. The Bertz CT molecular complexity index is 504. The van der Waals surface area contributed by atoms with Crippen LogP contribution in [0.5, 0.6) is 0 Å². The molecule has 94 valence electrons. The van der Waals surface area contributed by atoms with Gasteiger partial charge >= 0.3 is 0 Å². The number of aromatic nitrogens is 3. The second kappa shape index (κ2) is 4.86. The van der Waals surface area contributed by atoms with Crippen LogP contribution in [0.15, 0.2) is 12.3 Å². The molecule has 2 rings (SSSR count). The zero-order valence-electron chi connectivity index (χ0n) is 12.0. The van der Waals surface area contributed by atoms with Crippen molar-refractivity contribution < 1.29 is 0 Å². The molecule has 2 aromatic rings. The molecule has 17 heavy (non-hydrogen) atoms. The van der Waals surface area contributed by atoms with E-state index in [1.54, 1.807) is 0 Å². The van der Waals surface area contributed by atoms with E-state index in [4.69, 9.17) is 0 Å². The zero-order chi connectivity index (χ0) is 13.2. The lowest BCUT2D eigenvalue weighted by molar-refractivity contribution is 0.546. The molecule has 0 saturated heterocycles. The van der Waals surface area contributed by atoms with Gasteiger partial charge in [-0.25, -0.2) is 9.97 Å². The lowest BCUT2D eigenvalue weighted by Gasteiger charge is -2.19. The molecule has 0 unspecified atom stereocenters. The van der Waals surface area contributed by atoms with Crippen LogP contribution in [0.2, 0.25) is 0 Å². The Kier molecular flexibility index (Phi) is 3.91. The highest BCUT2D eigenvalue weighted by molar-refractivity contribution is 5.73. The molecule has 2 heterocycles. The Hall–Kier alpha value is -1.38. The third kappa shape index (κ3) is 2.65. The van der Waals surface area contributed by atoms with Crippen molar-refractivity contribution in [3.63, 3.8) is 0 Å². The van der Waals surface area contributed by atoms with Crippen molar-refractivity contribution in [1.82, 2.24) is 14.5 Å². The fraction of sp³-hybridized carbons (Fsp3) is 0.571. The quantitative estimate of drug-likeness (QED) is 0.696. The maximum Gasteiger partial charge on any atom is 0.158 e. The SMILES string of the molecule is CC.Cc1cnc2c(cc(C(C)(C)C)n2C)n1. The standard InChI is InChI=1S/C12H17N3.C2H6/c1-8-7-13-11-9(14-8)6-10(15(11)5)12(2,3)4;1-2/h6-7H,1-5H3;1-2H3. The number of nitrogens with zero attached hydrogens (tertiary/aromatic N) is 3. The monoisotopic (exact) mass is 233 g/mol. The second-order valence-corrected chi connectivity index (χ2v) is 5.06. The first-order valence-electron chi connectivity index (χ1n) is 6.19. The Morgan fingerprint density at radius 2 is 1.76 bits per heavy atom. The first-order chi connectivity index (χ1) is 7.89. The lowest BCUT2D eigenvalue weighted by atomic mass is 9.92. The van der Waals surface area contributed by atoms with Crippen LogP contribution in [0.25, 0.3) is 11.2 Å². The van der Waals surface area contributed by atoms with Crippen LogP contribution in [-0.4, -0.2) is 14.5 Å². The van der Waals surface area contributed by atoms with Crippen LogP contribution in [0.1, 0.15) is 46.0 Å². The number of aryl methyl sites for hydroxylation is 2. The second-order valence-electron chi connectivity index (χ2n) is 5.06. The average Bonchev–Trinajstić information content (AvgIpc) is 2.58. The first kappa shape index (κ1) is 13.7. The van der Waals surface area contributed by atoms with Gasteiger partial charge in [-0.05, 0) is 13.0 Å². The van der Waals surface area contributed by atoms with E-state index >= 15 is 0 Å². The summed E-state index contributed by atoms with van der Waals surface area (Å²) >= 11 is 0. The molecule has 0 bridgehead atoms. The molecule has 3 nitrogen and oxygen atoms in total. The number of rotatable bonds is 0. The normalized spacial score (nSPS) is 11.2. The molecule has 2 aromatic heterocycles. The number of hydrogen-bond donors (Lipinski definition) is 0. The van der Waals surface area contributed by atoms with Gasteiger partial charge < -0.3 is 4.57 Å². The van der Waals surface area contributed by atoms with Gasteiger partial charge in [0.15, 0.2) is 5.65 Å². The van der Waals surface area contributed by atoms with Crippen LogP contribution in [0.3, 0.4) is 0 Å². The van der Waals surface area contributed by atoms with Gasteiger partial charge in [0.2, 0.25) is 0 Å². The molecule has 0 aliphatic rings. The molecular formula is C14H23N3. The van der Waals surface area contributed by atoms with E-state index in [9.17, 15) is 0 Å². The smallest absolute Gasteiger partial charge is 0.158 e. The van der Waals surface area contributed by atoms with Crippen LogP contribution < -0.4 is 0 Å². The molecule has 3 heteroatoms. The third-order valence-electron chi connectivity index (χ3n) is 2.62. The van der Waals surface area contributed by atoms with Gasteiger partial charge in [-0.15, -0.1) is 0 Å². The molecule has 0 saturated carbocycles. The highest BCUT2D eigenvalue weighted by Gasteiger charge is 2.20. The summed E-state index contributed by atoms with van der Waals surface area (Å²) < 4.78 is 2.13. The fourth-order valence-electron chi connectivity index (χ4n) is 1.90. The van der Waals surface area contributed by atoms with Crippen molar-refractivity contribution >= 4 is 11.2 Å². The van der Waals surface area contributed by atoms with Gasteiger partial charge in [0.05, 0.1) is 11.9 Å². The molecule has 0 aliphatic carbocycles. The van der Waals surface area contributed by atoms with Crippen molar-refractivity contribution in [3.05, 3.63) is 23.7 Å². The third-order valence-corrected chi connectivity index (χ3v) is 2.62. The molecule has 0 spiro atoms. The minimum Gasteiger partial charge on any atom is -0.331 e.